The summed E-state index contributed by atoms with van der Waals surface area (Å²) in [5.74, 6) is -0.196. The van der Waals surface area contributed by atoms with Crippen LogP contribution < -0.4 is 15.8 Å². The van der Waals surface area contributed by atoms with E-state index in [9.17, 15) is 13.2 Å². The van der Waals surface area contributed by atoms with Crippen LogP contribution in [0.2, 0.25) is 0 Å². The van der Waals surface area contributed by atoms with Crippen molar-refractivity contribution < 1.29 is 13.2 Å². The largest absolute Gasteiger partial charge is 0.330 e. The van der Waals surface area contributed by atoms with Gasteiger partial charge in [-0.2, -0.15) is 0 Å². The minimum Gasteiger partial charge on any atom is -0.330 e. The third-order valence-electron chi connectivity index (χ3n) is 2.21. The van der Waals surface area contributed by atoms with Crippen molar-refractivity contribution in [3.05, 3.63) is 24.3 Å². The average molecular weight is 285 g/mol. The molecule has 106 valence electrons. The first-order valence-electron chi connectivity index (χ1n) is 5.97. The van der Waals surface area contributed by atoms with E-state index in [2.05, 4.69) is 10.0 Å². The predicted molar refractivity (Wildman–Crippen MR) is 74.2 cm³/mol. The molecule has 0 unspecified atom stereocenters. The van der Waals surface area contributed by atoms with Crippen LogP contribution in [0.15, 0.2) is 29.2 Å². The molecule has 19 heavy (non-hydrogen) atoms. The molecule has 1 amide bonds. The van der Waals surface area contributed by atoms with Crippen molar-refractivity contribution in [2.75, 3.05) is 11.9 Å². The molecule has 0 aliphatic carbocycles. The van der Waals surface area contributed by atoms with E-state index in [1.807, 2.05) is 0 Å². The van der Waals surface area contributed by atoms with Crippen LogP contribution in [0.3, 0.4) is 0 Å². The normalized spacial score (nSPS) is 11.6. The lowest BCUT2D eigenvalue weighted by Gasteiger charge is -2.10. The molecule has 0 aliphatic heterocycles. The number of carbonyl (C=O) groups excluding carboxylic acids is 1. The Hall–Kier alpha value is -1.44. The van der Waals surface area contributed by atoms with E-state index in [1.165, 1.54) is 12.1 Å². The van der Waals surface area contributed by atoms with Gasteiger partial charge < -0.3 is 11.1 Å². The fourth-order valence-electron chi connectivity index (χ4n) is 1.45. The maximum atomic E-state index is 11.9. The highest BCUT2D eigenvalue weighted by Gasteiger charge is 2.14. The number of nitrogens with two attached hydrogens (primary N) is 1. The van der Waals surface area contributed by atoms with Gasteiger partial charge in [0.2, 0.25) is 15.9 Å². The lowest BCUT2D eigenvalue weighted by Crippen LogP contribution is -2.30. The van der Waals surface area contributed by atoms with Crippen LogP contribution >= 0.6 is 0 Å². The quantitative estimate of drug-likeness (QED) is 0.714. The summed E-state index contributed by atoms with van der Waals surface area (Å²) in [5.41, 5.74) is 5.81. The first-order chi connectivity index (χ1) is 8.85. The van der Waals surface area contributed by atoms with Crippen LogP contribution in [-0.2, 0) is 14.8 Å². The Kier molecular flexibility index (Phi) is 5.46. The summed E-state index contributed by atoms with van der Waals surface area (Å²) >= 11 is 0. The molecule has 0 spiro atoms. The van der Waals surface area contributed by atoms with Crippen molar-refractivity contribution in [2.45, 2.75) is 31.2 Å². The van der Waals surface area contributed by atoms with E-state index in [0.717, 1.165) is 0 Å². The van der Waals surface area contributed by atoms with E-state index >= 15 is 0 Å². The molecule has 0 heterocycles. The molecular formula is C12H19N3O3S. The van der Waals surface area contributed by atoms with Crippen LogP contribution in [0.5, 0.6) is 0 Å². The second-order valence-electron chi connectivity index (χ2n) is 4.39. The van der Waals surface area contributed by atoms with E-state index in [4.69, 9.17) is 5.73 Å². The van der Waals surface area contributed by atoms with Gasteiger partial charge >= 0.3 is 0 Å². The number of hydrogen-bond donors (Lipinski definition) is 3. The van der Waals surface area contributed by atoms with Crippen LogP contribution in [0.25, 0.3) is 0 Å². The number of carbonyl (C=O) groups is 1. The number of nitrogens with one attached hydrogen (secondary N) is 2. The standard InChI is InChI=1S/C12H19N3O3S/c1-9(2)15-19(17,18)11-5-3-10(4-6-11)14-12(16)7-8-13/h3-6,9,15H,7-8,13H2,1-2H3,(H,14,16). The molecule has 4 N–H and O–H groups in total. The monoisotopic (exact) mass is 285 g/mol. The van der Waals surface area contributed by atoms with Crippen molar-refractivity contribution >= 4 is 21.6 Å². The molecule has 0 bridgehead atoms. The van der Waals surface area contributed by atoms with Gasteiger partial charge in [0.1, 0.15) is 0 Å². The minimum absolute atomic E-state index is 0.165. The molecular weight excluding hydrogens is 266 g/mol. The highest BCUT2D eigenvalue weighted by molar-refractivity contribution is 7.89. The Morgan fingerprint density at radius 1 is 1.26 bits per heavy atom. The molecule has 0 aliphatic rings. The second kappa shape index (κ2) is 6.65. The highest BCUT2D eigenvalue weighted by atomic mass is 32.2. The Balaban J connectivity index is 2.79. The molecule has 1 aromatic carbocycles. The van der Waals surface area contributed by atoms with E-state index in [0.29, 0.717) is 5.69 Å². The maximum Gasteiger partial charge on any atom is 0.240 e. The maximum absolute atomic E-state index is 11.9. The summed E-state index contributed by atoms with van der Waals surface area (Å²) in [5, 5.41) is 2.63. The first-order valence-corrected chi connectivity index (χ1v) is 7.46. The van der Waals surface area contributed by atoms with E-state index in [1.54, 1.807) is 26.0 Å². The van der Waals surface area contributed by atoms with Crippen molar-refractivity contribution in [3.63, 3.8) is 0 Å². The molecule has 1 aromatic rings. The number of amides is 1. The van der Waals surface area contributed by atoms with Crippen LogP contribution in [0, 0.1) is 0 Å². The zero-order chi connectivity index (χ0) is 14.5. The molecule has 0 saturated heterocycles. The third-order valence-corrected chi connectivity index (χ3v) is 3.89. The Labute approximate surface area is 113 Å². The molecule has 6 nitrogen and oxygen atoms in total. The predicted octanol–water partition coefficient (Wildman–Crippen LogP) is 0.661. The second-order valence-corrected chi connectivity index (χ2v) is 6.10. The first kappa shape index (κ1) is 15.6. The zero-order valence-electron chi connectivity index (χ0n) is 11.0. The van der Waals surface area contributed by atoms with Gasteiger partial charge in [0.05, 0.1) is 4.90 Å². The summed E-state index contributed by atoms with van der Waals surface area (Å²) < 4.78 is 26.2. The number of benzene rings is 1. The number of anilines is 1. The van der Waals surface area contributed by atoms with Crippen molar-refractivity contribution in [1.82, 2.24) is 4.72 Å². The average Bonchev–Trinajstić information content (AvgIpc) is 2.28. The summed E-state index contributed by atoms with van der Waals surface area (Å²) in [4.78, 5) is 11.5. The summed E-state index contributed by atoms with van der Waals surface area (Å²) in [6.45, 7) is 3.77. The smallest absolute Gasteiger partial charge is 0.240 e. The van der Waals surface area contributed by atoms with Gasteiger partial charge in [0.25, 0.3) is 0 Å². The van der Waals surface area contributed by atoms with Gasteiger partial charge in [-0.25, -0.2) is 13.1 Å². The molecule has 0 fully saturated rings. The van der Waals surface area contributed by atoms with Gasteiger partial charge in [-0.15, -0.1) is 0 Å². The van der Waals surface area contributed by atoms with E-state index < -0.39 is 10.0 Å². The molecule has 0 saturated carbocycles. The molecule has 0 radical (unpaired) electrons. The summed E-state index contributed by atoms with van der Waals surface area (Å²) in [6, 6.07) is 5.81. The molecule has 1 rings (SSSR count). The Morgan fingerprint density at radius 3 is 2.32 bits per heavy atom. The minimum atomic E-state index is -3.50. The number of sulfonamides is 1. The summed E-state index contributed by atoms with van der Waals surface area (Å²) in [6.07, 6.45) is 0.231. The highest BCUT2D eigenvalue weighted by Crippen LogP contribution is 2.14. The zero-order valence-corrected chi connectivity index (χ0v) is 11.8. The lowest BCUT2D eigenvalue weighted by molar-refractivity contribution is -0.116. The molecule has 0 atom stereocenters. The fraction of sp³-hybridized carbons (Fsp3) is 0.417. The van der Waals surface area contributed by atoms with Gasteiger partial charge in [-0.05, 0) is 38.1 Å². The van der Waals surface area contributed by atoms with Gasteiger partial charge in [0.15, 0.2) is 0 Å². The van der Waals surface area contributed by atoms with E-state index in [-0.39, 0.29) is 29.8 Å². The topological polar surface area (TPSA) is 101 Å². The van der Waals surface area contributed by atoms with Crippen molar-refractivity contribution in [2.24, 2.45) is 5.73 Å². The SMILES string of the molecule is CC(C)NS(=O)(=O)c1ccc(NC(=O)CCN)cc1. The lowest BCUT2D eigenvalue weighted by atomic mass is 10.3. The molecule has 0 aromatic heterocycles. The van der Waals surface area contributed by atoms with Crippen molar-refractivity contribution in [1.29, 1.82) is 0 Å². The summed E-state index contributed by atoms with van der Waals surface area (Å²) in [7, 11) is -3.50. The van der Waals surface area contributed by atoms with Crippen LogP contribution in [0.1, 0.15) is 20.3 Å². The van der Waals surface area contributed by atoms with Crippen molar-refractivity contribution in [3.8, 4) is 0 Å². The Bertz CT molecular complexity index is 524. The van der Waals surface area contributed by atoms with Gasteiger partial charge in [-0.1, -0.05) is 0 Å². The van der Waals surface area contributed by atoms with Gasteiger partial charge in [0, 0.05) is 24.7 Å². The number of hydrogen-bond acceptors (Lipinski definition) is 4. The molecule has 7 heteroatoms. The third kappa shape index (κ3) is 4.98. The fourth-order valence-corrected chi connectivity index (χ4v) is 2.70. The van der Waals surface area contributed by atoms with Crippen LogP contribution in [-0.4, -0.2) is 26.9 Å². The van der Waals surface area contributed by atoms with Crippen LogP contribution in [0.4, 0.5) is 5.69 Å². The number of rotatable bonds is 6. The van der Waals surface area contributed by atoms with Gasteiger partial charge in [-0.3, -0.25) is 4.79 Å². The Morgan fingerprint density at radius 2 is 1.84 bits per heavy atom.